The molecule has 0 spiro atoms. The van der Waals surface area contributed by atoms with Gasteiger partial charge in [0.2, 0.25) is 0 Å². The van der Waals surface area contributed by atoms with Gasteiger partial charge in [-0.25, -0.2) is 0 Å². The molecule has 0 saturated heterocycles. The standard InChI is InChI=1S/C11H21N3/c1-3-14(4-2)9-11-6-5-10(13-11)7-8-12/h5-6,13H,3-4,7-9,12H2,1-2H3. The van der Waals surface area contributed by atoms with Gasteiger partial charge in [0.25, 0.3) is 0 Å². The van der Waals surface area contributed by atoms with E-state index in [0.29, 0.717) is 6.54 Å². The third-order valence-electron chi connectivity index (χ3n) is 2.51. The highest BCUT2D eigenvalue weighted by Gasteiger charge is 2.02. The Bertz CT molecular complexity index is 251. The van der Waals surface area contributed by atoms with Gasteiger partial charge >= 0.3 is 0 Å². The molecule has 1 rings (SSSR count). The summed E-state index contributed by atoms with van der Waals surface area (Å²) in [5, 5.41) is 0. The van der Waals surface area contributed by atoms with E-state index in [9.17, 15) is 0 Å². The molecule has 1 heterocycles. The van der Waals surface area contributed by atoms with E-state index < -0.39 is 0 Å². The summed E-state index contributed by atoms with van der Waals surface area (Å²) in [6.07, 6.45) is 0.943. The van der Waals surface area contributed by atoms with Gasteiger partial charge < -0.3 is 10.7 Å². The third kappa shape index (κ3) is 3.16. The summed E-state index contributed by atoms with van der Waals surface area (Å²) < 4.78 is 0. The van der Waals surface area contributed by atoms with E-state index in [0.717, 1.165) is 26.1 Å². The molecule has 3 nitrogen and oxygen atoms in total. The number of aromatic amines is 1. The molecule has 14 heavy (non-hydrogen) atoms. The Kier molecular flexibility index (Phi) is 4.70. The summed E-state index contributed by atoms with van der Waals surface area (Å²) >= 11 is 0. The minimum absolute atomic E-state index is 0.714. The molecular formula is C11H21N3. The highest BCUT2D eigenvalue weighted by atomic mass is 15.1. The van der Waals surface area contributed by atoms with E-state index in [1.54, 1.807) is 0 Å². The van der Waals surface area contributed by atoms with Crippen molar-refractivity contribution in [3.05, 3.63) is 23.5 Å². The van der Waals surface area contributed by atoms with Crippen LogP contribution in [-0.2, 0) is 13.0 Å². The zero-order valence-electron chi connectivity index (χ0n) is 9.21. The quantitative estimate of drug-likeness (QED) is 0.720. The minimum Gasteiger partial charge on any atom is -0.361 e. The topological polar surface area (TPSA) is 45.0 Å². The molecule has 80 valence electrons. The van der Waals surface area contributed by atoms with Crippen molar-refractivity contribution in [2.24, 2.45) is 5.73 Å². The summed E-state index contributed by atoms with van der Waals surface area (Å²) in [4.78, 5) is 5.78. The normalized spacial score (nSPS) is 11.1. The molecule has 0 saturated carbocycles. The number of hydrogen-bond donors (Lipinski definition) is 2. The first-order chi connectivity index (χ1) is 6.80. The SMILES string of the molecule is CCN(CC)Cc1ccc(CCN)[nH]1. The van der Waals surface area contributed by atoms with E-state index >= 15 is 0 Å². The summed E-state index contributed by atoms with van der Waals surface area (Å²) in [6.45, 7) is 8.30. The maximum Gasteiger partial charge on any atom is 0.0384 e. The van der Waals surface area contributed by atoms with Crippen LogP contribution in [0.2, 0.25) is 0 Å². The van der Waals surface area contributed by atoms with Gasteiger partial charge in [0.1, 0.15) is 0 Å². The van der Waals surface area contributed by atoms with Gasteiger partial charge in [-0.15, -0.1) is 0 Å². The second kappa shape index (κ2) is 5.83. The summed E-state index contributed by atoms with van der Waals surface area (Å²) in [6, 6.07) is 4.29. The van der Waals surface area contributed by atoms with Crippen molar-refractivity contribution in [2.75, 3.05) is 19.6 Å². The lowest BCUT2D eigenvalue weighted by atomic mass is 10.3. The zero-order valence-corrected chi connectivity index (χ0v) is 9.21. The smallest absolute Gasteiger partial charge is 0.0384 e. The van der Waals surface area contributed by atoms with Gasteiger partial charge in [0, 0.05) is 17.9 Å². The van der Waals surface area contributed by atoms with Crippen LogP contribution in [0.5, 0.6) is 0 Å². The zero-order chi connectivity index (χ0) is 10.4. The van der Waals surface area contributed by atoms with Crippen molar-refractivity contribution in [3.63, 3.8) is 0 Å². The van der Waals surface area contributed by atoms with Crippen LogP contribution in [0.4, 0.5) is 0 Å². The van der Waals surface area contributed by atoms with Crippen molar-refractivity contribution < 1.29 is 0 Å². The molecule has 0 bridgehead atoms. The van der Waals surface area contributed by atoms with E-state index in [1.807, 2.05) is 0 Å². The minimum atomic E-state index is 0.714. The van der Waals surface area contributed by atoms with Gasteiger partial charge in [0.15, 0.2) is 0 Å². The van der Waals surface area contributed by atoms with Crippen LogP contribution in [-0.4, -0.2) is 29.5 Å². The highest BCUT2D eigenvalue weighted by Crippen LogP contribution is 2.05. The number of nitrogens with zero attached hydrogens (tertiary/aromatic N) is 1. The van der Waals surface area contributed by atoms with Gasteiger partial charge in [0.05, 0.1) is 0 Å². The Balaban J connectivity index is 2.49. The first-order valence-electron chi connectivity index (χ1n) is 5.39. The van der Waals surface area contributed by atoms with Crippen LogP contribution < -0.4 is 5.73 Å². The number of H-pyrrole nitrogens is 1. The molecule has 0 amide bonds. The van der Waals surface area contributed by atoms with Crippen LogP contribution in [0.15, 0.2) is 12.1 Å². The Labute approximate surface area is 86.3 Å². The lowest BCUT2D eigenvalue weighted by molar-refractivity contribution is 0.292. The highest BCUT2D eigenvalue weighted by molar-refractivity contribution is 5.13. The van der Waals surface area contributed by atoms with Crippen molar-refractivity contribution in [2.45, 2.75) is 26.8 Å². The monoisotopic (exact) mass is 195 g/mol. The predicted molar refractivity (Wildman–Crippen MR) is 60.2 cm³/mol. The predicted octanol–water partition coefficient (Wildman–Crippen LogP) is 1.36. The molecule has 3 N–H and O–H groups in total. The molecule has 1 aromatic heterocycles. The average Bonchev–Trinajstić information content (AvgIpc) is 2.63. The molecule has 0 fully saturated rings. The maximum atomic E-state index is 5.49. The van der Waals surface area contributed by atoms with Crippen LogP contribution in [0, 0.1) is 0 Å². The van der Waals surface area contributed by atoms with E-state index in [4.69, 9.17) is 5.73 Å². The molecule has 0 aromatic carbocycles. The maximum absolute atomic E-state index is 5.49. The molecule has 0 unspecified atom stereocenters. The van der Waals surface area contributed by atoms with Gasteiger partial charge in [-0.05, 0) is 38.2 Å². The number of aromatic nitrogens is 1. The van der Waals surface area contributed by atoms with E-state index in [-0.39, 0.29) is 0 Å². The van der Waals surface area contributed by atoms with Crippen LogP contribution >= 0.6 is 0 Å². The van der Waals surface area contributed by atoms with Gasteiger partial charge in [-0.1, -0.05) is 13.8 Å². The molecule has 0 atom stereocenters. The fraction of sp³-hybridized carbons (Fsp3) is 0.636. The first kappa shape index (κ1) is 11.3. The third-order valence-corrected chi connectivity index (χ3v) is 2.51. The second-order valence-electron chi connectivity index (χ2n) is 3.51. The van der Waals surface area contributed by atoms with Crippen LogP contribution in [0.1, 0.15) is 25.2 Å². The van der Waals surface area contributed by atoms with Crippen molar-refractivity contribution in [1.29, 1.82) is 0 Å². The van der Waals surface area contributed by atoms with Crippen molar-refractivity contribution >= 4 is 0 Å². The Morgan fingerprint density at radius 1 is 1.21 bits per heavy atom. The molecule has 0 aliphatic rings. The molecule has 3 heteroatoms. The lowest BCUT2D eigenvalue weighted by Gasteiger charge is -2.16. The van der Waals surface area contributed by atoms with Crippen LogP contribution in [0.3, 0.4) is 0 Å². The summed E-state index contributed by atoms with van der Waals surface area (Å²) in [5.41, 5.74) is 8.03. The van der Waals surface area contributed by atoms with Crippen molar-refractivity contribution in [3.8, 4) is 0 Å². The van der Waals surface area contributed by atoms with Crippen molar-refractivity contribution in [1.82, 2.24) is 9.88 Å². The molecule has 1 aromatic rings. The number of hydrogen-bond acceptors (Lipinski definition) is 2. The average molecular weight is 195 g/mol. The van der Waals surface area contributed by atoms with Crippen LogP contribution in [0.25, 0.3) is 0 Å². The lowest BCUT2D eigenvalue weighted by Crippen LogP contribution is -2.22. The molecule has 0 aliphatic heterocycles. The fourth-order valence-electron chi connectivity index (χ4n) is 1.57. The van der Waals surface area contributed by atoms with Gasteiger partial charge in [-0.2, -0.15) is 0 Å². The molecular weight excluding hydrogens is 174 g/mol. The number of nitrogens with one attached hydrogen (secondary N) is 1. The Morgan fingerprint density at radius 2 is 1.86 bits per heavy atom. The summed E-state index contributed by atoms with van der Waals surface area (Å²) in [7, 11) is 0. The summed E-state index contributed by atoms with van der Waals surface area (Å²) in [5.74, 6) is 0. The Hall–Kier alpha value is -0.800. The fourth-order valence-corrected chi connectivity index (χ4v) is 1.57. The largest absolute Gasteiger partial charge is 0.361 e. The van der Waals surface area contributed by atoms with Gasteiger partial charge in [-0.3, -0.25) is 4.90 Å². The number of nitrogens with two attached hydrogens (primary N) is 1. The first-order valence-corrected chi connectivity index (χ1v) is 5.39. The molecule has 0 radical (unpaired) electrons. The number of rotatable bonds is 6. The second-order valence-corrected chi connectivity index (χ2v) is 3.51. The molecule has 0 aliphatic carbocycles. The van der Waals surface area contributed by atoms with E-state index in [2.05, 4.69) is 35.9 Å². The Morgan fingerprint density at radius 3 is 2.43 bits per heavy atom. The van der Waals surface area contributed by atoms with E-state index in [1.165, 1.54) is 11.4 Å².